The lowest BCUT2D eigenvalue weighted by Gasteiger charge is -2.43. The van der Waals surface area contributed by atoms with Crippen LogP contribution < -0.4 is 4.90 Å². The van der Waals surface area contributed by atoms with Gasteiger partial charge in [-0.15, -0.1) is 0 Å². The lowest BCUT2D eigenvalue weighted by Crippen LogP contribution is -2.55. The van der Waals surface area contributed by atoms with Crippen LogP contribution in [0.25, 0.3) is 10.8 Å². The van der Waals surface area contributed by atoms with Crippen LogP contribution >= 0.6 is 0 Å². The number of aliphatic hydroxyl groups is 1. The Morgan fingerprint density at radius 1 is 1.19 bits per heavy atom. The fourth-order valence-corrected chi connectivity index (χ4v) is 3.13. The van der Waals surface area contributed by atoms with Crippen LogP contribution in [-0.4, -0.2) is 47.2 Å². The van der Waals surface area contributed by atoms with Gasteiger partial charge in [0, 0.05) is 30.6 Å². The third kappa shape index (κ3) is 2.61. The first kappa shape index (κ1) is 14.3. The summed E-state index contributed by atoms with van der Waals surface area (Å²) in [6.45, 7) is 6.41. The summed E-state index contributed by atoms with van der Waals surface area (Å²) < 4.78 is 0. The highest BCUT2D eigenvalue weighted by atomic mass is 16.3. The largest absolute Gasteiger partial charge is 0.390 e. The lowest BCUT2D eigenvalue weighted by molar-refractivity contribution is 0.169. The van der Waals surface area contributed by atoms with Crippen molar-refractivity contribution in [3.05, 3.63) is 36.0 Å². The Morgan fingerprint density at radius 2 is 1.86 bits per heavy atom. The number of nitrogens with zero attached hydrogens (tertiary/aromatic N) is 3. The van der Waals surface area contributed by atoms with Crippen LogP contribution in [0, 0.1) is 0 Å². The molecule has 1 aliphatic rings. The number of piperazine rings is 1. The number of anilines is 1. The molecule has 1 N–H and O–H groups in total. The van der Waals surface area contributed by atoms with Gasteiger partial charge in [-0.25, -0.2) is 4.98 Å². The van der Waals surface area contributed by atoms with Crippen molar-refractivity contribution in [2.45, 2.75) is 32.5 Å². The van der Waals surface area contributed by atoms with Gasteiger partial charge in [-0.2, -0.15) is 0 Å². The van der Waals surface area contributed by atoms with Gasteiger partial charge in [0.25, 0.3) is 0 Å². The SMILES string of the molecule is CC1CN(c2nc(CO)cc3ccccc23)CC(C)N1C. The number of fused-ring (bicyclic) bond motifs is 1. The molecule has 112 valence electrons. The van der Waals surface area contributed by atoms with Crippen molar-refractivity contribution in [1.82, 2.24) is 9.88 Å². The van der Waals surface area contributed by atoms with Gasteiger partial charge in [0.05, 0.1) is 12.3 Å². The Bertz CT molecular complexity index is 631. The second-order valence-corrected chi connectivity index (χ2v) is 6.08. The number of aliphatic hydroxyl groups excluding tert-OH is 1. The number of aromatic nitrogens is 1. The van der Waals surface area contributed by atoms with Gasteiger partial charge in [0.15, 0.2) is 0 Å². The molecule has 0 saturated carbocycles. The van der Waals surface area contributed by atoms with E-state index in [-0.39, 0.29) is 6.61 Å². The summed E-state index contributed by atoms with van der Waals surface area (Å²) in [5, 5.41) is 11.8. The van der Waals surface area contributed by atoms with E-state index in [2.05, 4.69) is 48.9 Å². The predicted octanol–water partition coefficient (Wildman–Crippen LogP) is 2.26. The quantitative estimate of drug-likeness (QED) is 0.919. The summed E-state index contributed by atoms with van der Waals surface area (Å²) in [6.07, 6.45) is 0. The molecule has 21 heavy (non-hydrogen) atoms. The minimum atomic E-state index is -0.0172. The zero-order valence-electron chi connectivity index (χ0n) is 13.0. The van der Waals surface area contributed by atoms with Crippen LogP contribution in [0.2, 0.25) is 0 Å². The Balaban J connectivity index is 2.07. The van der Waals surface area contributed by atoms with Gasteiger partial charge in [0.2, 0.25) is 0 Å². The van der Waals surface area contributed by atoms with Crippen LogP contribution in [-0.2, 0) is 6.61 Å². The van der Waals surface area contributed by atoms with E-state index in [4.69, 9.17) is 4.98 Å². The van der Waals surface area contributed by atoms with Crippen LogP contribution in [0.4, 0.5) is 5.82 Å². The molecule has 4 nitrogen and oxygen atoms in total. The molecular weight excluding hydrogens is 262 g/mol. The van der Waals surface area contributed by atoms with Crippen molar-refractivity contribution in [1.29, 1.82) is 0 Å². The maximum Gasteiger partial charge on any atom is 0.136 e. The van der Waals surface area contributed by atoms with E-state index in [9.17, 15) is 5.11 Å². The van der Waals surface area contributed by atoms with E-state index < -0.39 is 0 Å². The first-order chi connectivity index (χ1) is 10.1. The van der Waals surface area contributed by atoms with Gasteiger partial charge in [-0.05, 0) is 32.3 Å². The highest BCUT2D eigenvalue weighted by Crippen LogP contribution is 2.28. The third-order valence-corrected chi connectivity index (χ3v) is 4.59. The van der Waals surface area contributed by atoms with Crippen LogP contribution in [0.3, 0.4) is 0 Å². The van der Waals surface area contributed by atoms with Gasteiger partial charge in [0.1, 0.15) is 5.82 Å². The summed E-state index contributed by atoms with van der Waals surface area (Å²) in [4.78, 5) is 9.46. The smallest absolute Gasteiger partial charge is 0.136 e. The second-order valence-electron chi connectivity index (χ2n) is 6.08. The third-order valence-electron chi connectivity index (χ3n) is 4.59. The van der Waals surface area contributed by atoms with E-state index >= 15 is 0 Å². The maximum atomic E-state index is 9.48. The molecule has 0 aliphatic carbocycles. The number of benzene rings is 1. The van der Waals surface area contributed by atoms with E-state index in [1.807, 2.05) is 12.1 Å². The predicted molar refractivity (Wildman–Crippen MR) is 86.6 cm³/mol. The molecule has 1 aliphatic heterocycles. The molecule has 2 aromatic rings. The molecule has 0 bridgehead atoms. The highest BCUT2D eigenvalue weighted by Gasteiger charge is 2.28. The molecule has 1 fully saturated rings. The molecule has 3 rings (SSSR count). The average molecular weight is 285 g/mol. The maximum absolute atomic E-state index is 9.48. The first-order valence-electron chi connectivity index (χ1n) is 7.56. The minimum absolute atomic E-state index is 0.0172. The Morgan fingerprint density at radius 3 is 2.52 bits per heavy atom. The number of likely N-dealkylation sites (N-methyl/N-ethyl adjacent to an activating group) is 1. The number of hydrogen-bond donors (Lipinski definition) is 1. The zero-order valence-corrected chi connectivity index (χ0v) is 13.0. The van der Waals surface area contributed by atoms with Gasteiger partial charge < -0.3 is 10.0 Å². The molecule has 2 heterocycles. The molecule has 0 amide bonds. The Hall–Kier alpha value is -1.65. The van der Waals surface area contributed by atoms with E-state index in [1.165, 1.54) is 5.39 Å². The number of pyridine rings is 1. The van der Waals surface area contributed by atoms with Gasteiger partial charge in [-0.1, -0.05) is 24.3 Å². The molecule has 1 aromatic carbocycles. The fraction of sp³-hybridized carbons (Fsp3) is 0.471. The second kappa shape index (κ2) is 5.62. The van der Waals surface area contributed by atoms with E-state index in [0.29, 0.717) is 12.1 Å². The van der Waals surface area contributed by atoms with Crippen LogP contribution in [0.15, 0.2) is 30.3 Å². The summed E-state index contributed by atoms with van der Waals surface area (Å²) in [5.74, 6) is 1.00. The molecule has 1 saturated heterocycles. The summed E-state index contributed by atoms with van der Waals surface area (Å²) in [6, 6.07) is 11.2. The summed E-state index contributed by atoms with van der Waals surface area (Å²) in [7, 11) is 2.18. The van der Waals surface area contributed by atoms with Gasteiger partial charge >= 0.3 is 0 Å². The highest BCUT2D eigenvalue weighted by molar-refractivity contribution is 5.92. The summed E-state index contributed by atoms with van der Waals surface area (Å²) >= 11 is 0. The fourth-order valence-electron chi connectivity index (χ4n) is 3.13. The topological polar surface area (TPSA) is 39.6 Å². The monoisotopic (exact) mass is 285 g/mol. The molecule has 2 unspecified atom stereocenters. The number of rotatable bonds is 2. The summed E-state index contributed by atoms with van der Waals surface area (Å²) in [5.41, 5.74) is 0.739. The Kier molecular flexibility index (Phi) is 3.83. The van der Waals surface area contributed by atoms with Crippen molar-refractivity contribution in [3.63, 3.8) is 0 Å². The van der Waals surface area contributed by atoms with Crippen molar-refractivity contribution in [3.8, 4) is 0 Å². The molecule has 0 radical (unpaired) electrons. The standard InChI is InChI=1S/C17H23N3O/c1-12-9-20(10-13(2)19(12)3)17-16-7-5-4-6-14(16)8-15(11-21)18-17/h4-8,12-13,21H,9-11H2,1-3H3. The van der Waals surface area contributed by atoms with Crippen molar-refractivity contribution < 1.29 is 5.11 Å². The normalized spacial score (nSPS) is 23.7. The average Bonchev–Trinajstić information content (AvgIpc) is 2.51. The molecular formula is C17H23N3O. The van der Waals surface area contributed by atoms with Crippen LogP contribution in [0.5, 0.6) is 0 Å². The van der Waals surface area contributed by atoms with Crippen molar-refractivity contribution in [2.75, 3.05) is 25.0 Å². The molecule has 4 heteroatoms. The first-order valence-corrected chi connectivity index (χ1v) is 7.56. The minimum Gasteiger partial charge on any atom is -0.390 e. The lowest BCUT2D eigenvalue weighted by atomic mass is 10.1. The van der Waals surface area contributed by atoms with Crippen LogP contribution in [0.1, 0.15) is 19.5 Å². The zero-order chi connectivity index (χ0) is 15.0. The Labute approximate surface area is 126 Å². The number of hydrogen-bond acceptors (Lipinski definition) is 4. The van der Waals surface area contributed by atoms with Crippen molar-refractivity contribution >= 4 is 16.6 Å². The van der Waals surface area contributed by atoms with Gasteiger partial charge in [-0.3, -0.25) is 4.90 Å². The van der Waals surface area contributed by atoms with E-state index in [0.717, 1.165) is 30.0 Å². The van der Waals surface area contributed by atoms with E-state index in [1.54, 1.807) is 0 Å². The van der Waals surface area contributed by atoms with Crippen molar-refractivity contribution in [2.24, 2.45) is 0 Å². The molecule has 1 aromatic heterocycles. The molecule has 2 atom stereocenters. The molecule has 0 spiro atoms.